The summed E-state index contributed by atoms with van der Waals surface area (Å²) in [7, 11) is 0. The van der Waals surface area contributed by atoms with Gasteiger partial charge >= 0.3 is 0 Å². The summed E-state index contributed by atoms with van der Waals surface area (Å²) in [6, 6.07) is 13.3. The molecule has 4 nitrogen and oxygen atoms in total. The maximum Gasteiger partial charge on any atom is 0.122 e. The lowest BCUT2D eigenvalue weighted by Gasteiger charge is -2.34. The first-order valence-corrected chi connectivity index (χ1v) is 12.9. The van der Waals surface area contributed by atoms with Crippen molar-refractivity contribution >= 4 is 0 Å². The Kier molecular flexibility index (Phi) is 10.2. The first-order valence-electron chi connectivity index (χ1n) is 12.9. The molecule has 0 aliphatic rings. The fourth-order valence-electron chi connectivity index (χ4n) is 4.77. The second-order valence-electron chi connectivity index (χ2n) is 10.7. The van der Waals surface area contributed by atoms with Crippen molar-refractivity contribution in [2.75, 3.05) is 13.2 Å². The molecular weight excluding hydrogens is 424 g/mol. The van der Waals surface area contributed by atoms with Crippen molar-refractivity contribution < 1.29 is 20.1 Å². The van der Waals surface area contributed by atoms with Gasteiger partial charge in [0.1, 0.15) is 18.5 Å². The Morgan fingerprint density at radius 3 is 2.03 bits per heavy atom. The van der Waals surface area contributed by atoms with Crippen LogP contribution in [-0.4, -0.2) is 40.7 Å². The highest BCUT2D eigenvalue weighted by Crippen LogP contribution is 2.41. The van der Waals surface area contributed by atoms with Gasteiger partial charge in [0.05, 0.1) is 12.7 Å². The SMILES string of the molecule is CCc1cc(C(CC)(CC)c2ccc(CCC(O)C(C)(C)C)c(C)c2)ccc1OC[C@@H](O)CO. The molecule has 0 aliphatic heterocycles. The van der Waals surface area contributed by atoms with Crippen molar-refractivity contribution in [1.82, 2.24) is 0 Å². The molecule has 0 saturated carbocycles. The summed E-state index contributed by atoms with van der Waals surface area (Å²) >= 11 is 0. The topological polar surface area (TPSA) is 69.9 Å². The van der Waals surface area contributed by atoms with E-state index in [1.165, 1.54) is 22.3 Å². The average molecular weight is 471 g/mol. The van der Waals surface area contributed by atoms with E-state index in [0.717, 1.165) is 43.4 Å². The lowest BCUT2D eigenvalue weighted by Crippen LogP contribution is -2.27. The van der Waals surface area contributed by atoms with Crippen molar-refractivity contribution in [2.45, 2.75) is 98.2 Å². The molecule has 2 rings (SSSR count). The Hall–Kier alpha value is -1.88. The van der Waals surface area contributed by atoms with Gasteiger partial charge in [-0.05, 0) is 78.3 Å². The molecule has 4 heteroatoms. The minimum Gasteiger partial charge on any atom is -0.491 e. The smallest absolute Gasteiger partial charge is 0.122 e. The van der Waals surface area contributed by atoms with Gasteiger partial charge in [-0.15, -0.1) is 0 Å². The summed E-state index contributed by atoms with van der Waals surface area (Å²) in [6.45, 7) is 14.8. The molecule has 0 bridgehead atoms. The maximum absolute atomic E-state index is 10.5. The van der Waals surface area contributed by atoms with Crippen LogP contribution in [0, 0.1) is 12.3 Å². The van der Waals surface area contributed by atoms with Gasteiger partial charge in [-0.2, -0.15) is 0 Å². The number of aryl methyl sites for hydroxylation is 3. The van der Waals surface area contributed by atoms with E-state index < -0.39 is 6.10 Å². The molecule has 0 aromatic heterocycles. The Balaban J connectivity index is 2.36. The van der Waals surface area contributed by atoms with Crippen LogP contribution in [-0.2, 0) is 18.3 Å². The molecule has 2 atom stereocenters. The molecule has 34 heavy (non-hydrogen) atoms. The monoisotopic (exact) mass is 470 g/mol. The third-order valence-electron chi connectivity index (χ3n) is 7.43. The van der Waals surface area contributed by atoms with Crippen molar-refractivity contribution in [1.29, 1.82) is 0 Å². The van der Waals surface area contributed by atoms with Gasteiger partial charge in [0.15, 0.2) is 0 Å². The molecule has 2 aromatic rings. The van der Waals surface area contributed by atoms with E-state index in [9.17, 15) is 10.2 Å². The lowest BCUT2D eigenvalue weighted by atomic mass is 9.69. The van der Waals surface area contributed by atoms with Gasteiger partial charge in [-0.25, -0.2) is 0 Å². The normalized spacial score (nSPS) is 14.2. The largest absolute Gasteiger partial charge is 0.491 e. The van der Waals surface area contributed by atoms with Gasteiger partial charge in [-0.3, -0.25) is 0 Å². The highest BCUT2D eigenvalue weighted by Gasteiger charge is 2.32. The van der Waals surface area contributed by atoms with E-state index in [1.54, 1.807) is 0 Å². The van der Waals surface area contributed by atoms with E-state index in [1.807, 2.05) is 6.07 Å². The Morgan fingerprint density at radius 1 is 0.882 bits per heavy atom. The first-order chi connectivity index (χ1) is 16.0. The Labute approximate surface area is 207 Å². The van der Waals surface area contributed by atoms with E-state index in [-0.39, 0.29) is 30.1 Å². The van der Waals surface area contributed by atoms with Crippen molar-refractivity contribution in [3.05, 3.63) is 64.2 Å². The van der Waals surface area contributed by atoms with E-state index in [4.69, 9.17) is 9.84 Å². The van der Waals surface area contributed by atoms with Crippen LogP contribution >= 0.6 is 0 Å². The van der Waals surface area contributed by atoms with Gasteiger partial charge in [0.25, 0.3) is 0 Å². The number of hydrogen-bond acceptors (Lipinski definition) is 4. The van der Waals surface area contributed by atoms with Crippen molar-refractivity contribution in [3.63, 3.8) is 0 Å². The van der Waals surface area contributed by atoms with Crippen molar-refractivity contribution in [3.8, 4) is 5.75 Å². The molecule has 0 spiro atoms. The maximum atomic E-state index is 10.5. The number of aliphatic hydroxyl groups excluding tert-OH is 3. The predicted octanol–water partition coefficient (Wildman–Crippen LogP) is 5.74. The number of rotatable bonds is 12. The minimum absolute atomic E-state index is 0.0834. The fourth-order valence-corrected chi connectivity index (χ4v) is 4.77. The summed E-state index contributed by atoms with van der Waals surface area (Å²) < 4.78 is 5.80. The molecule has 0 aliphatic carbocycles. The molecule has 0 saturated heterocycles. The molecule has 190 valence electrons. The summed E-state index contributed by atoms with van der Waals surface area (Å²) in [5, 5.41) is 29.2. The van der Waals surface area contributed by atoms with E-state index in [2.05, 4.69) is 78.8 Å². The first kappa shape index (κ1) is 28.4. The molecule has 0 fully saturated rings. The number of benzene rings is 2. The number of ether oxygens (including phenoxy) is 1. The summed E-state index contributed by atoms with van der Waals surface area (Å²) in [5.74, 6) is 0.767. The molecule has 1 unspecified atom stereocenters. The molecule has 0 amide bonds. The highest BCUT2D eigenvalue weighted by atomic mass is 16.5. The second-order valence-corrected chi connectivity index (χ2v) is 10.7. The van der Waals surface area contributed by atoms with E-state index in [0.29, 0.717) is 0 Å². The summed E-state index contributed by atoms with van der Waals surface area (Å²) in [6.07, 6.45) is 3.25. The molecular formula is C30H46O4. The third kappa shape index (κ3) is 6.62. The molecule has 2 aromatic carbocycles. The molecule has 3 N–H and O–H groups in total. The van der Waals surface area contributed by atoms with E-state index >= 15 is 0 Å². The van der Waals surface area contributed by atoms with Gasteiger partial charge in [0.2, 0.25) is 0 Å². The van der Waals surface area contributed by atoms with Gasteiger partial charge in [-0.1, -0.05) is 71.9 Å². The predicted molar refractivity (Wildman–Crippen MR) is 141 cm³/mol. The average Bonchev–Trinajstić information content (AvgIpc) is 2.82. The zero-order chi connectivity index (χ0) is 25.5. The number of aliphatic hydroxyl groups is 3. The molecule has 0 radical (unpaired) electrons. The van der Waals surface area contributed by atoms with Crippen LogP contribution < -0.4 is 4.74 Å². The van der Waals surface area contributed by atoms with Crippen LogP contribution in [0.1, 0.15) is 88.6 Å². The lowest BCUT2D eigenvalue weighted by molar-refractivity contribution is 0.0533. The highest BCUT2D eigenvalue weighted by molar-refractivity contribution is 5.47. The van der Waals surface area contributed by atoms with Crippen LogP contribution in [0.3, 0.4) is 0 Å². The minimum atomic E-state index is -0.874. The zero-order valence-electron chi connectivity index (χ0n) is 22.3. The Bertz CT molecular complexity index is 909. The van der Waals surface area contributed by atoms with Gasteiger partial charge < -0.3 is 20.1 Å². The fraction of sp³-hybridized carbons (Fsp3) is 0.600. The second kappa shape index (κ2) is 12.2. The van der Waals surface area contributed by atoms with Gasteiger partial charge in [0, 0.05) is 5.41 Å². The Morgan fingerprint density at radius 2 is 1.50 bits per heavy atom. The zero-order valence-corrected chi connectivity index (χ0v) is 22.3. The van der Waals surface area contributed by atoms with Crippen molar-refractivity contribution in [2.24, 2.45) is 5.41 Å². The van der Waals surface area contributed by atoms with Crippen LogP contribution in [0.4, 0.5) is 0 Å². The summed E-state index contributed by atoms with van der Waals surface area (Å²) in [5.41, 5.74) is 6.09. The standard InChI is InChI=1S/C30H46O4/c1-8-22-18-25(14-15-27(22)34-20-26(32)19-31)30(9-2,10-3)24-13-11-23(21(4)17-24)12-16-28(33)29(5,6)7/h11,13-15,17-18,26,28,31-33H,8-10,12,16,19-20H2,1-7H3/t26-,28?/m0/s1. The van der Waals surface area contributed by atoms with Crippen LogP contribution in [0.15, 0.2) is 36.4 Å². The third-order valence-corrected chi connectivity index (χ3v) is 7.43. The number of hydrogen-bond donors (Lipinski definition) is 3. The quantitative estimate of drug-likeness (QED) is 0.370. The molecule has 0 heterocycles. The van der Waals surface area contributed by atoms with Crippen LogP contribution in [0.5, 0.6) is 5.75 Å². The van der Waals surface area contributed by atoms with Crippen LogP contribution in [0.25, 0.3) is 0 Å². The summed E-state index contributed by atoms with van der Waals surface area (Å²) in [4.78, 5) is 0. The van der Waals surface area contributed by atoms with Crippen LogP contribution in [0.2, 0.25) is 0 Å².